The summed E-state index contributed by atoms with van der Waals surface area (Å²) >= 11 is 0. The van der Waals surface area contributed by atoms with Gasteiger partial charge in [0, 0.05) is 6.04 Å². The molecular formula is C11H20N2. The first-order valence-corrected chi connectivity index (χ1v) is 5.21. The van der Waals surface area contributed by atoms with Gasteiger partial charge >= 0.3 is 0 Å². The highest BCUT2D eigenvalue weighted by atomic mass is 14.9. The van der Waals surface area contributed by atoms with Crippen molar-refractivity contribution in [3.8, 4) is 11.8 Å². The van der Waals surface area contributed by atoms with Crippen LogP contribution >= 0.6 is 0 Å². The molecule has 0 aromatic heterocycles. The van der Waals surface area contributed by atoms with Crippen molar-refractivity contribution in [2.24, 2.45) is 11.7 Å². The molecule has 13 heavy (non-hydrogen) atoms. The largest absolute Gasteiger partial charge is 0.330 e. The summed E-state index contributed by atoms with van der Waals surface area (Å²) < 4.78 is 0. The molecule has 0 amide bonds. The van der Waals surface area contributed by atoms with Crippen molar-refractivity contribution in [1.82, 2.24) is 5.32 Å². The molecule has 1 aliphatic rings. The minimum Gasteiger partial charge on any atom is -0.330 e. The molecular weight excluding hydrogens is 160 g/mol. The molecule has 0 saturated heterocycles. The van der Waals surface area contributed by atoms with Crippen LogP contribution in [0.4, 0.5) is 0 Å². The van der Waals surface area contributed by atoms with Crippen molar-refractivity contribution in [2.75, 3.05) is 13.1 Å². The Hall–Kier alpha value is -0.520. The fraction of sp³-hybridized carbons (Fsp3) is 0.818. The van der Waals surface area contributed by atoms with Gasteiger partial charge in [0.25, 0.3) is 0 Å². The fourth-order valence-electron chi connectivity index (χ4n) is 2.03. The summed E-state index contributed by atoms with van der Waals surface area (Å²) in [4.78, 5) is 0. The molecule has 0 aromatic carbocycles. The normalized spacial score (nSPS) is 27.8. The third-order valence-corrected chi connectivity index (χ3v) is 2.84. The molecule has 1 aliphatic carbocycles. The minimum absolute atomic E-state index is 0.611. The van der Waals surface area contributed by atoms with Gasteiger partial charge in [-0.25, -0.2) is 0 Å². The zero-order chi connectivity index (χ0) is 9.52. The highest BCUT2D eigenvalue weighted by Crippen LogP contribution is 2.23. The molecule has 2 unspecified atom stereocenters. The first-order valence-electron chi connectivity index (χ1n) is 5.21. The van der Waals surface area contributed by atoms with Crippen molar-refractivity contribution in [3.05, 3.63) is 0 Å². The Kier molecular flexibility index (Phi) is 4.88. The SMILES string of the molecule is CC#CCNC1CCCCC1CN. The topological polar surface area (TPSA) is 38.0 Å². The van der Waals surface area contributed by atoms with Gasteiger partial charge in [-0.2, -0.15) is 0 Å². The van der Waals surface area contributed by atoms with Gasteiger partial charge < -0.3 is 11.1 Å². The zero-order valence-corrected chi connectivity index (χ0v) is 8.47. The van der Waals surface area contributed by atoms with Gasteiger partial charge in [-0.3, -0.25) is 0 Å². The third kappa shape index (κ3) is 3.38. The lowest BCUT2D eigenvalue weighted by molar-refractivity contribution is 0.275. The summed E-state index contributed by atoms with van der Waals surface area (Å²) in [5, 5.41) is 3.47. The maximum atomic E-state index is 5.72. The first kappa shape index (κ1) is 10.6. The van der Waals surface area contributed by atoms with Crippen LogP contribution in [-0.2, 0) is 0 Å². The second-order valence-electron chi connectivity index (χ2n) is 3.69. The quantitative estimate of drug-likeness (QED) is 0.639. The lowest BCUT2D eigenvalue weighted by Crippen LogP contribution is -2.41. The molecule has 1 fully saturated rings. The summed E-state index contributed by atoms with van der Waals surface area (Å²) in [5.74, 6) is 6.61. The average Bonchev–Trinajstić information content (AvgIpc) is 2.19. The summed E-state index contributed by atoms with van der Waals surface area (Å²) in [7, 11) is 0. The van der Waals surface area contributed by atoms with E-state index in [2.05, 4.69) is 17.2 Å². The molecule has 74 valence electrons. The lowest BCUT2D eigenvalue weighted by atomic mass is 9.84. The number of rotatable bonds is 3. The van der Waals surface area contributed by atoms with Crippen LogP contribution in [0.3, 0.4) is 0 Å². The number of hydrogen-bond acceptors (Lipinski definition) is 2. The molecule has 2 atom stereocenters. The number of nitrogens with two attached hydrogens (primary N) is 1. The van der Waals surface area contributed by atoms with E-state index in [1.54, 1.807) is 0 Å². The molecule has 3 N–H and O–H groups in total. The van der Waals surface area contributed by atoms with Crippen LogP contribution in [0.25, 0.3) is 0 Å². The van der Waals surface area contributed by atoms with E-state index < -0.39 is 0 Å². The van der Waals surface area contributed by atoms with E-state index in [9.17, 15) is 0 Å². The predicted molar refractivity (Wildman–Crippen MR) is 56.3 cm³/mol. The van der Waals surface area contributed by atoms with Crippen LogP contribution in [0.1, 0.15) is 32.6 Å². The Labute approximate surface area is 81.3 Å². The van der Waals surface area contributed by atoms with Gasteiger partial charge in [-0.1, -0.05) is 18.8 Å². The summed E-state index contributed by atoms with van der Waals surface area (Å²) in [6.07, 6.45) is 5.24. The van der Waals surface area contributed by atoms with Gasteiger partial charge in [-0.15, -0.1) is 5.92 Å². The minimum atomic E-state index is 0.611. The maximum Gasteiger partial charge on any atom is 0.0578 e. The monoisotopic (exact) mass is 180 g/mol. The molecule has 1 rings (SSSR count). The molecule has 2 nitrogen and oxygen atoms in total. The van der Waals surface area contributed by atoms with Crippen molar-refractivity contribution >= 4 is 0 Å². The van der Waals surface area contributed by atoms with Crippen LogP contribution < -0.4 is 11.1 Å². The third-order valence-electron chi connectivity index (χ3n) is 2.84. The highest BCUT2D eigenvalue weighted by Gasteiger charge is 2.22. The van der Waals surface area contributed by atoms with E-state index in [0.717, 1.165) is 13.1 Å². The Morgan fingerprint density at radius 3 is 2.85 bits per heavy atom. The fourth-order valence-corrected chi connectivity index (χ4v) is 2.03. The van der Waals surface area contributed by atoms with Crippen LogP contribution in [-0.4, -0.2) is 19.1 Å². The highest BCUT2D eigenvalue weighted by molar-refractivity contribution is 4.98. The molecule has 2 heteroatoms. The Bertz CT molecular complexity index is 190. The van der Waals surface area contributed by atoms with Gasteiger partial charge in [0.1, 0.15) is 0 Å². The Morgan fingerprint density at radius 2 is 2.15 bits per heavy atom. The molecule has 0 aromatic rings. The maximum absolute atomic E-state index is 5.72. The lowest BCUT2D eigenvalue weighted by Gasteiger charge is -2.30. The zero-order valence-electron chi connectivity index (χ0n) is 8.47. The second kappa shape index (κ2) is 6.01. The van der Waals surface area contributed by atoms with Crippen LogP contribution in [0, 0.1) is 17.8 Å². The smallest absolute Gasteiger partial charge is 0.0578 e. The number of nitrogens with one attached hydrogen (secondary N) is 1. The van der Waals surface area contributed by atoms with E-state index >= 15 is 0 Å². The average molecular weight is 180 g/mol. The van der Waals surface area contributed by atoms with Gasteiger partial charge in [0.15, 0.2) is 0 Å². The molecule has 0 bridgehead atoms. The van der Waals surface area contributed by atoms with Crippen molar-refractivity contribution in [3.63, 3.8) is 0 Å². The standard InChI is InChI=1S/C11H20N2/c1-2-3-8-13-11-7-5-4-6-10(11)9-12/h10-11,13H,4-9,12H2,1H3. The van der Waals surface area contributed by atoms with Gasteiger partial charge in [0.2, 0.25) is 0 Å². The van der Waals surface area contributed by atoms with E-state index in [0.29, 0.717) is 12.0 Å². The van der Waals surface area contributed by atoms with Crippen molar-refractivity contribution in [2.45, 2.75) is 38.6 Å². The molecule has 0 radical (unpaired) electrons. The molecule has 0 spiro atoms. The predicted octanol–water partition coefficient (Wildman–Crippen LogP) is 1.12. The van der Waals surface area contributed by atoms with E-state index in [4.69, 9.17) is 5.73 Å². The van der Waals surface area contributed by atoms with Gasteiger partial charge in [-0.05, 0) is 32.2 Å². The molecule has 0 heterocycles. The molecule has 1 saturated carbocycles. The van der Waals surface area contributed by atoms with E-state index in [1.807, 2.05) is 6.92 Å². The van der Waals surface area contributed by atoms with Crippen molar-refractivity contribution < 1.29 is 0 Å². The Morgan fingerprint density at radius 1 is 1.38 bits per heavy atom. The van der Waals surface area contributed by atoms with E-state index in [1.165, 1.54) is 25.7 Å². The van der Waals surface area contributed by atoms with Crippen LogP contribution in [0.2, 0.25) is 0 Å². The second-order valence-corrected chi connectivity index (χ2v) is 3.69. The van der Waals surface area contributed by atoms with Crippen molar-refractivity contribution in [1.29, 1.82) is 0 Å². The molecule has 0 aliphatic heterocycles. The van der Waals surface area contributed by atoms with E-state index in [-0.39, 0.29) is 0 Å². The summed E-state index contributed by atoms with van der Waals surface area (Å²) in [6.45, 7) is 3.51. The van der Waals surface area contributed by atoms with Crippen LogP contribution in [0.5, 0.6) is 0 Å². The van der Waals surface area contributed by atoms with Crippen LogP contribution in [0.15, 0.2) is 0 Å². The summed E-state index contributed by atoms with van der Waals surface area (Å²) in [6, 6.07) is 0.611. The first-order chi connectivity index (χ1) is 6.38. The number of hydrogen-bond donors (Lipinski definition) is 2. The summed E-state index contributed by atoms with van der Waals surface area (Å²) in [5.41, 5.74) is 5.72. The van der Waals surface area contributed by atoms with Gasteiger partial charge in [0.05, 0.1) is 6.54 Å². The Balaban J connectivity index is 2.30.